The Hall–Kier alpha value is -3.67. The van der Waals surface area contributed by atoms with Crippen molar-refractivity contribution in [1.29, 1.82) is 0 Å². The molecule has 0 aliphatic carbocycles. The lowest BCUT2D eigenvalue weighted by Crippen LogP contribution is -2.30. The van der Waals surface area contributed by atoms with E-state index in [4.69, 9.17) is 14.2 Å². The van der Waals surface area contributed by atoms with Gasteiger partial charge in [0.1, 0.15) is 13.2 Å². The minimum absolute atomic E-state index is 0.102. The zero-order valence-corrected chi connectivity index (χ0v) is 47.9. The molecule has 418 valence electrons. The Morgan fingerprint density at radius 3 is 0.918 bits per heavy atom. The molecule has 0 radical (unpaired) electrons. The van der Waals surface area contributed by atoms with Crippen LogP contribution in [0.15, 0.2) is 97.2 Å². The van der Waals surface area contributed by atoms with Gasteiger partial charge < -0.3 is 14.2 Å². The third-order valence-corrected chi connectivity index (χ3v) is 13.0. The highest BCUT2D eigenvalue weighted by atomic mass is 16.6. The zero-order valence-electron chi connectivity index (χ0n) is 47.9. The van der Waals surface area contributed by atoms with Crippen LogP contribution in [0.3, 0.4) is 0 Å². The van der Waals surface area contributed by atoms with Crippen LogP contribution >= 0.6 is 0 Å². The Bertz CT molecular complexity index is 1440. The van der Waals surface area contributed by atoms with Gasteiger partial charge in [-0.25, -0.2) is 0 Å². The number of ether oxygens (including phenoxy) is 3. The molecule has 0 amide bonds. The van der Waals surface area contributed by atoms with Crippen molar-refractivity contribution in [1.82, 2.24) is 0 Å². The molecule has 0 heterocycles. The summed E-state index contributed by atoms with van der Waals surface area (Å²) in [6.07, 6.45) is 81.2. The van der Waals surface area contributed by atoms with E-state index in [2.05, 4.69) is 118 Å². The van der Waals surface area contributed by atoms with Crippen LogP contribution in [0.1, 0.15) is 290 Å². The van der Waals surface area contributed by atoms with Gasteiger partial charge in [0.05, 0.1) is 0 Å². The van der Waals surface area contributed by atoms with Crippen LogP contribution in [-0.2, 0) is 28.6 Å². The second-order valence-electron chi connectivity index (χ2n) is 20.2. The van der Waals surface area contributed by atoms with Crippen molar-refractivity contribution < 1.29 is 28.6 Å². The molecular weight excluding hydrogens is 901 g/mol. The van der Waals surface area contributed by atoms with E-state index in [1.165, 1.54) is 161 Å². The minimum Gasteiger partial charge on any atom is -0.462 e. The quantitative estimate of drug-likeness (QED) is 0.0261. The fourth-order valence-corrected chi connectivity index (χ4v) is 8.44. The first kappa shape index (κ1) is 69.3. The summed E-state index contributed by atoms with van der Waals surface area (Å²) >= 11 is 0. The molecule has 0 aliphatic rings. The predicted octanol–water partition coefficient (Wildman–Crippen LogP) is 20.9. The molecule has 0 aromatic carbocycles. The Morgan fingerprint density at radius 2 is 0.548 bits per heavy atom. The van der Waals surface area contributed by atoms with Gasteiger partial charge in [0.15, 0.2) is 6.10 Å². The van der Waals surface area contributed by atoms with Crippen LogP contribution in [0, 0.1) is 0 Å². The molecule has 0 aliphatic heterocycles. The lowest BCUT2D eigenvalue weighted by molar-refractivity contribution is -0.167. The molecule has 73 heavy (non-hydrogen) atoms. The van der Waals surface area contributed by atoms with Crippen LogP contribution in [0.5, 0.6) is 0 Å². The number of carbonyl (C=O) groups is 3. The number of allylic oxidation sites excluding steroid dienone is 16. The van der Waals surface area contributed by atoms with Crippen LogP contribution < -0.4 is 0 Å². The monoisotopic (exact) mass is 1010 g/mol. The van der Waals surface area contributed by atoms with Gasteiger partial charge in [0, 0.05) is 19.3 Å². The van der Waals surface area contributed by atoms with E-state index < -0.39 is 6.10 Å². The van der Waals surface area contributed by atoms with Crippen molar-refractivity contribution in [3.8, 4) is 0 Å². The largest absolute Gasteiger partial charge is 0.462 e. The highest BCUT2D eigenvalue weighted by molar-refractivity contribution is 5.71. The SMILES string of the molecule is CC/C=C\C/C=C\C/C=C\C/C=C\C/C=C\CCCC(=O)O[C@H](COC(=O)CCCCCCCCCCC/C=C\C/C=C\CCCCC)COC(=O)CCCCCCCCCCC/C=C\CCCCCCCC. The maximum absolute atomic E-state index is 12.9. The number of rotatable bonds is 55. The summed E-state index contributed by atoms with van der Waals surface area (Å²) < 4.78 is 16.9. The number of carbonyl (C=O) groups excluding carboxylic acids is 3. The molecule has 0 N–H and O–H groups in total. The van der Waals surface area contributed by atoms with Gasteiger partial charge in [-0.15, -0.1) is 0 Å². The average Bonchev–Trinajstić information content (AvgIpc) is 3.39. The van der Waals surface area contributed by atoms with E-state index in [0.29, 0.717) is 19.3 Å². The van der Waals surface area contributed by atoms with Gasteiger partial charge in [0.2, 0.25) is 0 Å². The van der Waals surface area contributed by atoms with E-state index in [1.807, 2.05) is 0 Å². The van der Waals surface area contributed by atoms with Crippen molar-refractivity contribution in [3.05, 3.63) is 97.2 Å². The summed E-state index contributed by atoms with van der Waals surface area (Å²) in [5, 5.41) is 0. The lowest BCUT2D eigenvalue weighted by Gasteiger charge is -2.18. The van der Waals surface area contributed by atoms with Crippen LogP contribution in [0.4, 0.5) is 0 Å². The Morgan fingerprint density at radius 1 is 0.288 bits per heavy atom. The Balaban J connectivity index is 4.46. The first-order valence-electron chi connectivity index (χ1n) is 30.7. The lowest BCUT2D eigenvalue weighted by atomic mass is 10.1. The molecule has 0 spiro atoms. The van der Waals surface area contributed by atoms with Crippen LogP contribution in [0.25, 0.3) is 0 Å². The molecule has 0 rings (SSSR count). The maximum Gasteiger partial charge on any atom is 0.306 e. The second kappa shape index (κ2) is 60.9. The molecule has 1 atom stereocenters. The van der Waals surface area contributed by atoms with Gasteiger partial charge in [-0.05, 0) is 116 Å². The summed E-state index contributed by atoms with van der Waals surface area (Å²) in [6.45, 7) is 6.47. The summed E-state index contributed by atoms with van der Waals surface area (Å²) in [7, 11) is 0. The first-order chi connectivity index (χ1) is 36.0. The van der Waals surface area contributed by atoms with E-state index in [9.17, 15) is 14.4 Å². The fraction of sp³-hybridized carbons (Fsp3) is 0.716. The number of hydrogen-bond acceptors (Lipinski definition) is 6. The summed E-state index contributed by atoms with van der Waals surface area (Å²) in [6, 6.07) is 0. The van der Waals surface area contributed by atoms with Gasteiger partial charge >= 0.3 is 17.9 Å². The molecule has 0 saturated carbocycles. The fourth-order valence-electron chi connectivity index (χ4n) is 8.44. The van der Waals surface area contributed by atoms with Gasteiger partial charge in [-0.3, -0.25) is 14.4 Å². The summed E-state index contributed by atoms with van der Waals surface area (Å²) in [5.41, 5.74) is 0. The summed E-state index contributed by atoms with van der Waals surface area (Å²) in [5.74, 6) is -0.960. The molecule has 6 heteroatoms. The number of hydrogen-bond donors (Lipinski definition) is 0. The Labute approximate surface area is 451 Å². The van der Waals surface area contributed by atoms with E-state index in [-0.39, 0.29) is 37.5 Å². The topological polar surface area (TPSA) is 78.9 Å². The molecule has 0 saturated heterocycles. The van der Waals surface area contributed by atoms with Crippen LogP contribution in [0.2, 0.25) is 0 Å². The predicted molar refractivity (Wildman–Crippen MR) is 316 cm³/mol. The van der Waals surface area contributed by atoms with Gasteiger partial charge in [0.25, 0.3) is 0 Å². The third kappa shape index (κ3) is 59.1. The van der Waals surface area contributed by atoms with E-state index >= 15 is 0 Å². The smallest absolute Gasteiger partial charge is 0.306 e. The standard InChI is InChI=1S/C67H114O6/c1-4-7-10-13-16-19-22-25-28-31-33-36-38-41-44-47-50-53-56-59-65(68)71-62-64(73-67(70)61-58-55-52-49-46-43-40-35-30-27-24-21-18-15-12-9-6-3)63-72-66(69)60-57-54-51-48-45-42-39-37-34-32-29-26-23-20-17-14-11-8-5-2/h9,12,16,18-19,21,25-30,40,43,49,52,64H,4-8,10-11,13-15,17,20,22-24,31-39,41-42,44-48,50-51,53-63H2,1-3H3/b12-9-,19-16-,21-18-,28-25-,29-26-,30-27-,43-40-,52-49-/t64-/m1/s1. The zero-order chi connectivity index (χ0) is 52.9. The van der Waals surface area contributed by atoms with Crippen molar-refractivity contribution >= 4 is 17.9 Å². The highest BCUT2D eigenvalue weighted by Gasteiger charge is 2.19. The molecule has 0 fully saturated rings. The minimum atomic E-state index is -0.812. The molecule has 0 aromatic rings. The van der Waals surface area contributed by atoms with Crippen molar-refractivity contribution in [2.45, 2.75) is 297 Å². The van der Waals surface area contributed by atoms with E-state index in [0.717, 1.165) is 83.5 Å². The molecule has 0 bridgehead atoms. The average molecular weight is 1020 g/mol. The van der Waals surface area contributed by atoms with Crippen molar-refractivity contribution in [2.24, 2.45) is 0 Å². The van der Waals surface area contributed by atoms with E-state index in [1.54, 1.807) is 0 Å². The van der Waals surface area contributed by atoms with Crippen LogP contribution in [-0.4, -0.2) is 37.2 Å². The number of esters is 3. The maximum atomic E-state index is 12.9. The van der Waals surface area contributed by atoms with Gasteiger partial charge in [-0.2, -0.15) is 0 Å². The van der Waals surface area contributed by atoms with Gasteiger partial charge in [-0.1, -0.05) is 253 Å². The molecule has 0 aromatic heterocycles. The third-order valence-electron chi connectivity index (χ3n) is 13.0. The number of unbranched alkanes of at least 4 members (excludes halogenated alkanes) is 28. The second-order valence-corrected chi connectivity index (χ2v) is 20.2. The molecule has 6 nitrogen and oxygen atoms in total. The molecular formula is C67H114O6. The normalized spacial score (nSPS) is 12.8. The summed E-state index contributed by atoms with van der Waals surface area (Å²) in [4.78, 5) is 38.3. The van der Waals surface area contributed by atoms with Crippen molar-refractivity contribution in [3.63, 3.8) is 0 Å². The first-order valence-corrected chi connectivity index (χ1v) is 30.7. The Kier molecular flexibility index (Phi) is 57.8. The molecule has 0 unspecified atom stereocenters. The van der Waals surface area contributed by atoms with Crippen molar-refractivity contribution in [2.75, 3.05) is 13.2 Å². The highest BCUT2D eigenvalue weighted by Crippen LogP contribution is 2.15.